The molecule has 0 saturated carbocycles. The van der Waals surface area contributed by atoms with Crippen molar-refractivity contribution in [3.8, 4) is 11.6 Å². The minimum absolute atomic E-state index is 0.113. The molecule has 12 heteroatoms. The number of nitrogens with one attached hydrogen (secondary N) is 2. The lowest BCUT2D eigenvalue weighted by atomic mass is 10.1. The summed E-state index contributed by atoms with van der Waals surface area (Å²) in [6, 6.07) is 15.0. The lowest BCUT2D eigenvalue weighted by Crippen LogP contribution is -2.13. The Kier molecular flexibility index (Phi) is 5.90. The lowest BCUT2D eigenvalue weighted by Gasteiger charge is -2.11. The molecule has 0 aliphatic heterocycles. The van der Waals surface area contributed by atoms with Crippen LogP contribution < -0.4 is 9.46 Å². The molecule has 0 bridgehead atoms. The zero-order valence-corrected chi connectivity index (χ0v) is 18.8. The molecule has 0 radical (unpaired) electrons. The molecule has 0 aliphatic rings. The number of aromatic nitrogens is 1. The zero-order chi connectivity index (χ0) is 24.5. The predicted molar refractivity (Wildman–Crippen MR) is 126 cm³/mol. The number of nitro groups is 1. The fraction of sp³-hybridized carbons (Fsp3) is 0.0909. The standard InChI is InChI=1S/C22H19N5O6S/c1-13-6-5-7-15-20(13)23-22(28)21(15)25-24-16-11-10-14(12-18(16)27(29)30)34(31,32)26-17-8-3-4-9-19(17)33-2/h3-12,23,26,28H,1-2H3. The number of ether oxygens (including phenoxy) is 1. The van der Waals surface area contributed by atoms with Crippen molar-refractivity contribution in [3.05, 3.63) is 76.3 Å². The molecule has 1 heterocycles. The highest BCUT2D eigenvalue weighted by Crippen LogP contribution is 2.39. The summed E-state index contributed by atoms with van der Waals surface area (Å²) in [5.41, 5.74) is 1.08. The molecular formula is C22H19N5O6S. The highest BCUT2D eigenvalue weighted by molar-refractivity contribution is 7.92. The Hall–Kier alpha value is -4.45. The Labute approximate surface area is 193 Å². The normalized spacial score (nSPS) is 11.7. The first-order valence-electron chi connectivity index (χ1n) is 9.87. The number of benzene rings is 3. The molecular weight excluding hydrogens is 462 g/mol. The largest absolute Gasteiger partial charge is 0.495 e. The number of fused-ring (bicyclic) bond motifs is 1. The van der Waals surface area contributed by atoms with Crippen molar-refractivity contribution < 1.29 is 23.2 Å². The Morgan fingerprint density at radius 2 is 1.85 bits per heavy atom. The number of para-hydroxylation sites is 3. The van der Waals surface area contributed by atoms with Gasteiger partial charge in [0, 0.05) is 11.5 Å². The third kappa shape index (κ3) is 4.26. The fourth-order valence-corrected chi connectivity index (χ4v) is 4.47. The summed E-state index contributed by atoms with van der Waals surface area (Å²) < 4.78 is 33.2. The summed E-state index contributed by atoms with van der Waals surface area (Å²) in [6.45, 7) is 1.85. The van der Waals surface area contributed by atoms with Crippen LogP contribution in [0.15, 0.2) is 75.8 Å². The number of nitrogens with zero attached hydrogens (tertiary/aromatic N) is 3. The molecule has 0 aliphatic carbocycles. The van der Waals surface area contributed by atoms with E-state index < -0.39 is 20.6 Å². The minimum atomic E-state index is -4.17. The van der Waals surface area contributed by atoms with Crippen molar-refractivity contribution in [3.63, 3.8) is 0 Å². The van der Waals surface area contributed by atoms with E-state index in [9.17, 15) is 23.6 Å². The van der Waals surface area contributed by atoms with E-state index in [4.69, 9.17) is 4.74 Å². The van der Waals surface area contributed by atoms with Crippen molar-refractivity contribution in [1.82, 2.24) is 4.98 Å². The maximum Gasteiger partial charge on any atom is 0.298 e. The van der Waals surface area contributed by atoms with Gasteiger partial charge < -0.3 is 14.8 Å². The molecule has 3 aromatic carbocycles. The Bertz CT molecular complexity index is 1540. The Morgan fingerprint density at radius 3 is 2.59 bits per heavy atom. The summed E-state index contributed by atoms with van der Waals surface area (Å²) in [4.78, 5) is 13.4. The molecule has 4 aromatic rings. The Morgan fingerprint density at radius 1 is 1.09 bits per heavy atom. The molecule has 3 N–H and O–H groups in total. The highest BCUT2D eigenvalue weighted by Gasteiger charge is 2.23. The van der Waals surface area contributed by atoms with Crippen LogP contribution in [0, 0.1) is 17.0 Å². The number of rotatable bonds is 7. The van der Waals surface area contributed by atoms with Gasteiger partial charge in [0.15, 0.2) is 11.4 Å². The predicted octanol–water partition coefficient (Wildman–Crippen LogP) is 5.31. The third-order valence-electron chi connectivity index (χ3n) is 5.06. The second kappa shape index (κ2) is 8.83. The molecule has 0 fully saturated rings. The number of hydrogen-bond acceptors (Lipinski definition) is 8. The first-order valence-corrected chi connectivity index (χ1v) is 11.4. The highest BCUT2D eigenvalue weighted by atomic mass is 32.2. The number of anilines is 1. The van der Waals surface area contributed by atoms with Crippen LogP contribution in [0.3, 0.4) is 0 Å². The van der Waals surface area contributed by atoms with Gasteiger partial charge in [-0.1, -0.05) is 30.3 Å². The van der Waals surface area contributed by atoms with Gasteiger partial charge in [0.25, 0.3) is 15.7 Å². The van der Waals surface area contributed by atoms with Crippen LogP contribution in [0.4, 0.5) is 22.7 Å². The average molecular weight is 481 g/mol. The maximum atomic E-state index is 12.8. The van der Waals surface area contributed by atoms with E-state index in [0.29, 0.717) is 16.7 Å². The van der Waals surface area contributed by atoms with Crippen molar-refractivity contribution in [2.24, 2.45) is 10.2 Å². The summed E-state index contributed by atoms with van der Waals surface area (Å²) in [5, 5.41) is 30.4. The Balaban J connectivity index is 1.71. The van der Waals surface area contributed by atoms with Gasteiger partial charge in [-0.3, -0.25) is 14.8 Å². The quantitative estimate of drug-likeness (QED) is 0.184. The molecule has 11 nitrogen and oxygen atoms in total. The molecule has 0 unspecified atom stereocenters. The monoisotopic (exact) mass is 481 g/mol. The number of aromatic hydroxyl groups is 1. The van der Waals surface area contributed by atoms with E-state index in [1.165, 1.54) is 25.3 Å². The van der Waals surface area contributed by atoms with E-state index in [0.717, 1.165) is 11.6 Å². The number of methoxy groups -OCH3 is 1. The second-order valence-electron chi connectivity index (χ2n) is 7.23. The van der Waals surface area contributed by atoms with Crippen molar-refractivity contribution in [2.75, 3.05) is 11.8 Å². The number of aromatic amines is 1. The van der Waals surface area contributed by atoms with Crippen molar-refractivity contribution >= 4 is 43.7 Å². The molecule has 0 amide bonds. The van der Waals surface area contributed by atoms with Crippen LogP contribution >= 0.6 is 0 Å². The van der Waals surface area contributed by atoms with Gasteiger partial charge in [-0.25, -0.2) is 8.42 Å². The summed E-state index contributed by atoms with van der Waals surface area (Å²) >= 11 is 0. The molecule has 0 atom stereocenters. The van der Waals surface area contributed by atoms with Crippen molar-refractivity contribution in [1.29, 1.82) is 0 Å². The van der Waals surface area contributed by atoms with Gasteiger partial charge >= 0.3 is 0 Å². The van der Waals surface area contributed by atoms with Gasteiger partial charge in [0.2, 0.25) is 5.88 Å². The van der Waals surface area contributed by atoms with E-state index in [-0.39, 0.29) is 27.8 Å². The first kappa shape index (κ1) is 22.7. The summed E-state index contributed by atoms with van der Waals surface area (Å²) in [6.07, 6.45) is 0. The fourth-order valence-electron chi connectivity index (χ4n) is 3.38. The number of sulfonamides is 1. The number of aryl methyl sites for hydroxylation is 1. The van der Waals surface area contributed by atoms with Gasteiger partial charge in [-0.2, -0.15) is 0 Å². The smallest absolute Gasteiger partial charge is 0.298 e. The molecule has 0 saturated heterocycles. The van der Waals surface area contributed by atoms with Crippen LogP contribution in [-0.2, 0) is 10.0 Å². The van der Waals surface area contributed by atoms with Gasteiger partial charge in [-0.15, -0.1) is 10.2 Å². The topological polar surface area (TPSA) is 159 Å². The van der Waals surface area contributed by atoms with Gasteiger partial charge in [0.1, 0.15) is 5.75 Å². The summed E-state index contributed by atoms with van der Waals surface area (Å²) in [5.74, 6) is 0.0516. The van der Waals surface area contributed by atoms with Crippen LogP contribution in [-0.4, -0.2) is 30.5 Å². The van der Waals surface area contributed by atoms with Gasteiger partial charge in [-0.05, 0) is 36.8 Å². The minimum Gasteiger partial charge on any atom is -0.495 e. The van der Waals surface area contributed by atoms with Crippen molar-refractivity contribution in [2.45, 2.75) is 11.8 Å². The molecule has 34 heavy (non-hydrogen) atoms. The van der Waals surface area contributed by atoms with Crippen LogP contribution in [0.2, 0.25) is 0 Å². The van der Waals surface area contributed by atoms with E-state index in [1.807, 2.05) is 13.0 Å². The zero-order valence-electron chi connectivity index (χ0n) is 18.0. The lowest BCUT2D eigenvalue weighted by molar-refractivity contribution is -0.384. The van der Waals surface area contributed by atoms with E-state index >= 15 is 0 Å². The van der Waals surface area contributed by atoms with Crippen LogP contribution in [0.5, 0.6) is 11.6 Å². The van der Waals surface area contributed by atoms with E-state index in [2.05, 4.69) is 19.9 Å². The van der Waals surface area contributed by atoms with E-state index in [1.54, 1.807) is 30.3 Å². The number of azo groups is 1. The number of hydrogen-bond donors (Lipinski definition) is 3. The molecule has 0 spiro atoms. The molecule has 1 aromatic heterocycles. The van der Waals surface area contributed by atoms with Crippen LogP contribution in [0.1, 0.15) is 5.56 Å². The van der Waals surface area contributed by atoms with Crippen LogP contribution in [0.25, 0.3) is 10.9 Å². The maximum absolute atomic E-state index is 12.8. The molecule has 174 valence electrons. The average Bonchev–Trinajstić information content (AvgIpc) is 3.14. The van der Waals surface area contributed by atoms with Gasteiger partial charge in [0.05, 0.1) is 28.1 Å². The second-order valence-corrected chi connectivity index (χ2v) is 8.92. The first-order chi connectivity index (χ1) is 16.2. The number of nitro benzene ring substituents is 1. The summed E-state index contributed by atoms with van der Waals surface area (Å²) in [7, 11) is -2.78. The molecule has 4 rings (SSSR count). The SMILES string of the molecule is COc1ccccc1NS(=O)(=O)c1ccc(N=Nc2c(O)[nH]c3c(C)cccc23)c([N+](=O)[O-])c1. The third-order valence-corrected chi connectivity index (χ3v) is 6.42. The number of H-pyrrole nitrogens is 1.